The highest BCUT2D eigenvalue weighted by Gasteiger charge is 2.54. The Hall–Kier alpha value is -2.20. The molecule has 1 aromatic heterocycles. The Morgan fingerprint density at radius 2 is 1.97 bits per heavy atom. The number of nitrogens with zero attached hydrogens (tertiary/aromatic N) is 2. The molecule has 3 nitrogen and oxygen atoms in total. The van der Waals surface area contributed by atoms with E-state index in [4.69, 9.17) is 11.6 Å². The molecule has 3 aliphatic heterocycles. The summed E-state index contributed by atoms with van der Waals surface area (Å²) in [5.74, 6) is 1.10. The summed E-state index contributed by atoms with van der Waals surface area (Å²) in [5.41, 5.74) is 3.09. The summed E-state index contributed by atoms with van der Waals surface area (Å²) in [6.45, 7) is 7.06. The van der Waals surface area contributed by atoms with Gasteiger partial charge in [-0.05, 0) is 29.7 Å². The van der Waals surface area contributed by atoms with Crippen molar-refractivity contribution in [3.8, 4) is 0 Å². The summed E-state index contributed by atoms with van der Waals surface area (Å²) in [6.07, 6.45) is 5.62. The van der Waals surface area contributed by atoms with Crippen LogP contribution in [0.3, 0.4) is 0 Å². The minimum Gasteiger partial charge on any atom is -0.382 e. The maximum absolute atomic E-state index is 11.7. The molecule has 6 rings (SSSR count). The van der Waals surface area contributed by atoms with Gasteiger partial charge in [0.2, 0.25) is 0 Å². The number of aliphatic hydroxyl groups excluding tert-OH is 1. The molecule has 3 fully saturated rings. The first-order chi connectivity index (χ1) is 14.6. The number of hydrogen-bond donors (Lipinski definition) is 1. The second-order valence-corrected chi connectivity index (χ2v) is 9.39. The quantitative estimate of drug-likeness (QED) is 0.435. The average Bonchev–Trinajstić information content (AvgIpc) is 2.79. The molecule has 4 heteroatoms. The number of piperidine rings is 3. The van der Waals surface area contributed by atoms with Crippen LogP contribution in [0.2, 0.25) is 5.02 Å². The molecule has 0 saturated carbocycles. The van der Waals surface area contributed by atoms with Crippen molar-refractivity contribution in [3.05, 3.63) is 89.6 Å². The lowest BCUT2D eigenvalue weighted by Crippen LogP contribution is -2.67. The lowest BCUT2D eigenvalue weighted by Gasteiger charge is -2.58. The number of aliphatic hydroxyl groups is 1. The summed E-state index contributed by atoms with van der Waals surface area (Å²) >= 11 is 6.57. The third-order valence-corrected chi connectivity index (χ3v) is 7.85. The number of halogens is 1. The number of pyridine rings is 1. The fourth-order valence-corrected chi connectivity index (χ4v) is 6.13. The standard InChI is InChI=1S/C26H28ClN2O/c1-2-18-16-29(17-20-7-3-5-9-23(20)27)14-12-19(18)15-25(29)26(30)22-11-13-28-24-10-6-4-8-21(22)24/h2-11,13,18-19,25-26,30H,1,12,14-17H2/q+1/t18-,19-,25+,26-,29?/m0/s1. The molecule has 5 atom stereocenters. The van der Waals surface area contributed by atoms with Gasteiger partial charge < -0.3 is 9.59 Å². The van der Waals surface area contributed by atoms with E-state index in [0.717, 1.165) is 52.0 Å². The third kappa shape index (κ3) is 3.26. The molecule has 4 heterocycles. The highest BCUT2D eigenvalue weighted by molar-refractivity contribution is 6.31. The van der Waals surface area contributed by atoms with Crippen LogP contribution in [-0.2, 0) is 6.54 Å². The van der Waals surface area contributed by atoms with Gasteiger partial charge in [-0.15, -0.1) is 6.58 Å². The Morgan fingerprint density at radius 3 is 2.80 bits per heavy atom. The minimum atomic E-state index is -0.533. The van der Waals surface area contributed by atoms with Gasteiger partial charge in [-0.3, -0.25) is 4.98 Å². The maximum atomic E-state index is 11.7. The predicted octanol–water partition coefficient (Wildman–Crippen LogP) is 5.53. The molecule has 3 saturated heterocycles. The summed E-state index contributed by atoms with van der Waals surface area (Å²) in [4.78, 5) is 4.49. The Bertz CT molecular complexity index is 1080. The number of fused-ring (bicyclic) bond motifs is 4. The van der Waals surface area contributed by atoms with E-state index in [1.807, 2.05) is 42.6 Å². The first-order valence-corrected chi connectivity index (χ1v) is 11.2. The van der Waals surface area contributed by atoms with Gasteiger partial charge in [0, 0.05) is 40.9 Å². The van der Waals surface area contributed by atoms with Crippen molar-refractivity contribution in [1.29, 1.82) is 0 Å². The van der Waals surface area contributed by atoms with Gasteiger partial charge in [0.1, 0.15) is 18.7 Å². The topological polar surface area (TPSA) is 33.1 Å². The Kier molecular flexibility index (Phi) is 5.14. The zero-order valence-corrected chi connectivity index (χ0v) is 17.9. The van der Waals surface area contributed by atoms with E-state index < -0.39 is 6.10 Å². The normalized spacial score (nSPS) is 29.1. The van der Waals surface area contributed by atoms with Crippen molar-refractivity contribution in [2.45, 2.75) is 31.5 Å². The van der Waals surface area contributed by atoms with Gasteiger partial charge in [-0.2, -0.15) is 0 Å². The number of para-hydroxylation sites is 1. The molecule has 0 aliphatic carbocycles. The molecule has 2 bridgehead atoms. The molecular weight excluding hydrogens is 392 g/mol. The van der Waals surface area contributed by atoms with E-state index in [2.05, 4.69) is 35.8 Å². The molecule has 0 spiro atoms. The monoisotopic (exact) mass is 419 g/mol. The second-order valence-electron chi connectivity index (χ2n) is 8.99. The number of rotatable bonds is 5. The SMILES string of the molecule is C=C[C@H]1C[N+]2(Cc3ccccc3Cl)CC[C@H]1C[C@@H]2[C@@H](O)c1ccnc2ccccc12. The van der Waals surface area contributed by atoms with Crippen LogP contribution in [0.25, 0.3) is 10.9 Å². The van der Waals surface area contributed by atoms with Crippen molar-refractivity contribution in [2.24, 2.45) is 11.8 Å². The molecule has 0 amide bonds. The fraction of sp³-hybridized carbons (Fsp3) is 0.346. The lowest BCUT2D eigenvalue weighted by molar-refractivity contribution is -0.984. The van der Waals surface area contributed by atoms with Gasteiger partial charge in [-0.1, -0.05) is 54.1 Å². The summed E-state index contributed by atoms with van der Waals surface area (Å²) < 4.78 is 0.870. The number of aromatic nitrogens is 1. The van der Waals surface area contributed by atoms with E-state index in [9.17, 15) is 5.11 Å². The molecule has 154 valence electrons. The van der Waals surface area contributed by atoms with Crippen LogP contribution in [-0.4, -0.2) is 33.7 Å². The van der Waals surface area contributed by atoms with Gasteiger partial charge in [0.25, 0.3) is 0 Å². The zero-order valence-electron chi connectivity index (χ0n) is 17.1. The Labute approximate surface area is 183 Å². The van der Waals surface area contributed by atoms with Crippen molar-refractivity contribution in [2.75, 3.05) is 13.1 Å². The molecule has 3 aromatic rings. The van der Waals surface area contributed by atoms with Crippen LogP contribution in [0.15, 0.2) is 73.4 Å². The van der Waals surface area contributed by atoms with E-state index in [1.54, 1.807) is 0 Å². The van der Waals surface area contributed by atoms with Crippen molar-refractivity contribution >= 4 is 22.5 Å². The minimum absolute atomic E-state index is 0.141. The first kappa shape index (κ1) is 19.7. The van der Waals surface area contributed by atoms with Crippen LogP contribution in [0.4, 0.5) is 0 Å². The number of quaternary nitrogens is 1. The van der Waals surface area contributed by atoms with Gasteiger partial charge >= 0.3 is 0 Å². The molecule has 3 aliphatic rings. The third-order valence-electron chi connectivity index (χ3n) is 7.48. The second kappa shape index (κ2) is 7.81. The number of hydrogen-bond acceptors (Lipinski definition) is 2. The highest BCUT2D eigenvalue weighted by Crippen LogP contribution is 2.48. The average molecular weight is 420 g/mol. The molecule has 0 radical (unpaired) electrons. The predicted molar refractivity (Wildman–Crippen MR) is 122 cm³/mol. The van der Waals surface area contributed by atoms with Gasteiger partial charge in [-0.25, -0.2) is 0 Å². The molecular formula is C26H28ClN2O+. The molecule has 2 aromatic carbocycles. The van der Waals surface area contributed by atoms with E-state index >= 15 is 0 Å². The Morgan fingerprint density at radius 1 is 1.17 bits per heavy atom. The zero-order chi connectivity index (χ0) is 20.7. The van der Waals surface area contributed by atoms with Crippen molar-refractivity contribution in [1.82, 2.24) is 4.98 Å². The fourth-order valence-electron chi connectivity index (χ4n) is 5.93. The van der Waals surface area contributed by atoms with Gasteiger partial charge in [0.15, 0.2) is 0 Å². The molecule has 1 unspecified atom stereocenters. The van der Waals surface area contributed by atoms with Crippen LogP contribution >= 0.6 is 11.6 Å². The lowest BCUT2D eigenvalue weighted by atomic mass is 9.71. The van der Waals surface area contributed by atoms with Crippen LogP contribution in [0.5, 0.6) is 0 Å². The summed E-state index contributed by atoms with van der Waals surface area (Å²) in [5, 5.41) is 13.6. The molecule has 1 N–H and O–H groups in total. The number of benzene rings is 2. The Balaban J connectivity index is 1.57. The van der Waals surface area contributed by atoms with E-state index in [1.165, 1.54) is 12.0 Å². The molecule has 30 heavy (non-hydrogen) atoms. The van der Waals surface area contributed by atoms with Crippen molar-refractivity contribution in [3.63, 3.8) is 0 Å². The van der Waals surface area contributed by atoms with Crippen LogP contribution in [0.1, 0.15) is 30.1 Å². The van der Waals surface area contributed by atoms with Crippen LogP contribution < -0.4 is 0 Å². The largest absolute Gasteiger partial charge is 0.382 e. The van der Waals surface area contributed by atoms with E-state index in [0.29, 0.717) is 11.8 Å². The summed E-state index contributed by atoms with van der Waals surface area (Å²) in [6, 6.07) is 18.4. The van der Waals surface area contributed by atoms with E-state index in [-0.39, 0.29) is 6.04 Å². The van der Waals surface area contributed by atoms with Crippen LogP contribution in [0, 0.1) is 11.8 Å². The highest BCUT2D eigenvalue weighted by atomic mass is 35.5. The smallest absolute Gasteiger partial charge is 0.131 e. The van der Waals surface area contributed by atoms with Gasteiger partial charge in [0.05, 0.1) is 18.6 Å². The van der Waals surface area contributed by atoms with Crippen molar-refractivity contribution < 1.29 is 9.59 Å². The first-order valence-electron chi connectivity index (χ1n) is 10.8. The maximum Gasteiger partial charge on any atom is 0.131 e. The summed E-state index contributed by atoms with van der Waals surface area (Å²) in [7, 11) is 0.